The first-order valence-electron chi connectivity index (χ1n) is 5.96. The smallest absolute Gasteiger partial charge is 0.335 e. The van der Waals surface area contributed by atoms with Crippen LogP contribution in [-0.2, 0) is 0 Å². The van der Waals surface area contributed by atoms with E-state index in [2.05, 4.69) is 14.9 Å². The second kappa shape index (κ2) is 5.79. The molecule has 2 aromatic rings. The molecule has 0 aliphatic rings. The molecule has 20 heavy (non-hydrogen) atoms. The molecular formula is C13H13N3O3S. The summed E-state index contributed by atoms with van der Waals surface area (Å²) in [4.78, 5) is 23.5. The van der Waals surface area contributed by atoms with Crippen molar-refractivity contribution in [1.29, 1.82) is 0 Å². The molecular weight excluding hydrogens is 278 g/mol. The van der Waals surface area contributed by atoms with Crippen LogP contribution < -0.4 is 5.32 Å². The lowest BCUT2D eigenvalue weighted by atomic mass is 10.1. The Morgan fingerprint density at radius 1 is 1.35 bits per heavy atom. The van der Waals surface area contributed by atoms with Gasteiger partial charge in [-0.3, -0.25) is 4.79 Å². The molecule has 104 valence electrons. The Labute approximate surface area is 119 Å². The number of carbonyl (C=O) groups excluding carboxylic acids is 1. The van der Waals surface area contributed by atoms with Crippen molar-refractivity contribution >= 4 is 29.1 Å². The van der Waals surface area contributed by atoms with Crippen LogP contribution in [0.25, 0.3) is 0 Å². The first-order valence-corrected chi connectivity index (χ1v) is 6.73. The summed E-state index contributed by atoms with van der Waals surface area (Å²) in [6, 6.07) is 6.08. The highest BCUT2D eigenvalue weighted by Crippen LogP contribution is 2.21. The number of anilines is 1. The number of carbonyl (C=O) groups is 2. The Kier molecular flexibility index (Phi) is 4.09. The van der Waals surface area contributed by atoms with Gasteiger partial charge in [0.1, 0.15) is 4.88 Å². The normalized spacial score (nSPS) is 10.6. The van der Waals surface area contributed by atoms with E-state index < -0.39 is 5.97 Å². The number of benzene rings is 1. The van der Waals surface area contributed by atoms with E-state index in [1.807, 2.05) is 13.8 Å². The van der Waals surface area contributed by atoms with Crippen LogP contribution in [0.4, 0.5) is 5.69 Å². The standard InChI is InChI=1S/C13H13N3O3S/c1-7(2)10-11(20-16-15-10)12(17)14-9-5-3-4-8(6-9)13(18)19/h3-7H,1-2H3,(H,14,17)(H,18,19). The lowest BCUT2D eigenvalue weighted by molar-refractivity contribution is 0.0696. The van der Waals surface area contributed by atoms with Gasteiger partial charge in [0, 0.05) is 5.69 Å². The molecule has 0 aliphatic heterocycles. The van der Waals surface area contributed by atoms with Crippen molar-refractivity contribution in [3.63, 3.8) is 0 Å². The summed E-state index contributed by atoms with van der Waals surface area (Å²) >= 11 is 1.03. The van der Waals surface area contributed by atoms with Crippen molar-refractivity contribution in [3.8, 4) is 0 Å². The van der Waals surface area contributed by atoms with Crippen molar-refractivity contribution in [2.24, 2.45) is 0 Å². The van der Waals surface area contributed by atoms with Gasteiger partial charge >= 0.3 is 5.97 Å². The molecule has 0 spiro atoms. The number of nitrogens with one attached hydrogen (secondary N) is 1. The first-order chi connectivity index (χ1) is 9.49. The fraction of sp³-hybridized carbons (Fsp3) is 0.231. The molecule has 0 fully saturated rings. The average Bonchev–Trinajstić information content (AvgIpc) is 2.88. The van der Waals surface area contributed by atoms with Crippen molar-refractivity contribution in [3.05, 3.63) is 40.4 Å². The third-order valence-electron chi connectivity index (χ3n) is 2.63. The highest BCUT2D eigenvalue weighted by molar-refractivity contribution is 7.08. The topological polar surface area (TPSA) is 92.2 Å². The van der Waals surface area contributed by atoms with Crippen LogP contribution in [0.15, 0.2) is 24.3 Å². The molecule has 2 rings (SSSR count). The van der Waals surface area contributed by atoms with Crippen LogP contribution in [0.5, 0.6) is 0 Å². The molecule has 1 aromatic heterocycles. The molecule has 0 aliphatic carbocycles. The zero-order valence-corrected chi connectivity index (χ0v) is 11.8. The van der Waals surface area contributed by atoms with Crippen LogP contribution >= 0.6 is 11.5 Å². The number of hydrogen-bond donors (Lipinski definition) is 2. The van der Waals surface area contributed by atoms with Crippen molar-refractivity contribution in [2.45, 2.75) is 19.8 Å². The minimum absolute atomic E-state index is 0.0971. The van der Waals surface area contributed by atoms with E-state index in [1.165, 1.54) is 12.1 Å². The van der Waals surface area contributed by atoms with Crippen LogP contribution in [0, 0.1) is 0 Å². The average molecular weight is 291 g/mol. The lowest BCUT2D eigenvalue weighted by Crippen LogP contribution is -2.13. The van der Waals surface area contributed by atoms with Crippen LogP contribution in [0.1, 0.15) is 45.5 Å². The Hall–Kier alpha value is -2.28. The summed E-state index contributed by atoms with van der Waals surface area (Å²) in [6.45, 7) is 3.86. The van der Waals surface area contributed by atoms with E-state index in [9.17, 15) is 9.59 Å². The molecule has 7 heteroatoms. The van der Waals surface area contributed by atoms with Crippen LogP contribution in [0.3, 0.4) is 0 Å². The molecule has 2 N–H and O–H groups in total. The fourth-order valence-electron chi connectivity index (χ4n) is 1.65. The molecule has 6 nitrogen and oxygen atoms in total. The van der Waals surface area contributed by atoms with E-state index in [0.29, 0.717) is 16.3 Å². The van der Waals surface area contributed by atoms with Crippen LogP contribution in [0.2, 0.25) is 0 Å². The van der Waals surface area contributed by atoms with Crippen molar-refractivity contribution < 1.29 is 14.7 Å². The third-order valence-corrected chi connectivity index (χ3v) is 3.37. The SMILES string of the molecule is CC(C)c1nnsc1C(=O)Nc1cccc(C(=O)O)c1. The molecule has 0 radical (unpaired) electrons. The monoisotopic (exact) mass is 291 g/mol. The maximum Gasteiger partial charge on any atom is 0.335 e. The summed E-state index contributed by atoms with van der Waals surface area (Å²) in [5.41, 5.74) is 1.19. The van der Waals surface area contributed by atoms with Crippen molar-refractivity contribution in [2.75, 3.05) is 5.32 Å². The number of amides is 1. The van der Waals surface area contributed by atoms with Gasteiger partial charge < -0.3 is 10.4 Å². The number of nitrogens with zero attached hydrogens (tertiary/aromatic N) is 2. The molecule has 1 aromatic carbocycles. The summed E-state index contributed by atoms with van der Waals surface area (Å²) < 4.78 is 3.79. The number of rotatable bonds is 4. The van der Waals surface area contributed by atoms with E-state index in [4.69, 9.17) is 5.11 Å². The van der Waals surface area contributed by atoms with Crippen LogP contribution in [-0.4, -0.2) is 26.6 Å². The van der Waals surface area contributed by atoms with Gasteiger partial charge in [-0.05, 0) is 35.6 Å². The van der Waals surface area contributed by atoms with Crippen molar-refractivity contribution in [1.82, 2.24) is 9.59 Å². The van der Waals surface area contributed by atoms with Gasteiger partial charge in [0.25, 0.3) is 5.91 Å². The largest absolute Gasteiger partial charge is 0.478 e. The number of carboxylic acids is 1. The maximum atomic E-state index is 12.2. The maximum absolute atomic E-state index is 12.2. The number of hydrogen-bond acceptors (Lipinski definition) is 5. The van der Waals surface area contributed by atoms with Gasteiger partial charge in [-0.1, -0.05) is 24.4 Å². The van der Waals surface area contributed by atoms with Gasteiger partial charge in [0.2, 0.25) is 0 Å². The zero-order valence-electron chi connectivity index (χ0n) is 11.0. The third kappa shape index (κ3) is 3.00. The minimum Gasteiger partial charge on any atom is -0.478 e. The highest BCUT2D eigenvalue weighted by Gasteiger charge is 2.19. The lowest BCUT2D eigenvalue weighted by Gasteiger charge is -2.06. The molecule has 0 unspecified atom stereocenters. The minimum atomic E-state index is -1.04. The number of aromatic nitrogens is 2. The molecule has 0 saturated carbocycles. The van der Waals surface area contributed by atoms with Gasteiger partial charge in [-0.15, -0.1) is 5.10 Å². The Bertz CT molecular complexity index is 652. The number of aromatic carboxylic acids is 1. The summed E-state index contributed by atoms with van der Waals surface area (Å²) in [5.74, 6) is -1.27. The van der Waals surface area contributed by atoms with Gasteiger partial charge in [-0.25, -0.2) is 4.79 Å². The second-order valence-corrected chi connectivity index (χ2v) is 5.24. The summed E-state index contributed by atoms with van der Waals surface area (Å²) in [5, 5.41) is 15.5. The number of carboxylic acid groups (broad SMARTS) is 1. The zero-order chi connectivity index (χ0) is 14.7. The Morgan fingerprint density at radius 3 is 2.75 bits per heavy atom. The Balaban J connectivity index is 2.21. The molecule has 0 bridgehead atoms. The van der Waals surface area contributed by atoms with E-state index >= 15 is 0 Å². The van der Waals surface area contributed by atoms with E-state index in [1.54, 1.807) is 12.1 Å². The molecule has 1 heterocycles. The quantitative estimate of drug-likeness (QED) is 0.903. The fourth-order valence-corrected chi connectivity index (χ4v) is 2.37. The molecule has 0 atom stereocenters. The predicted molar refractivity (Wildman–Crippen MR) is 75.4 cm³/mol. The summed E-state index contributed by atoms with van der Waals surface area (Å²) in [7, 11) is 0. The van der Waals surface area contributed by atoms with E-state index in [-0.39, 0.29) is 17.4 Å². The Morgan fingerprint density at radius 2 is 2.10 bits per heavy atom. The van der Waals surface area contributed by atoms with Gasteiger partial charge in [0.15, 0.2) is 0 Å². The van der Waals surface area contributed by atoms with E-state index in [0.717, 1.165) is 11.5 Å². The first kappa shape index (κ1) is 14.1. The molecule has 1 amide bonds. The second-order valence-electron chi connectivity index (χ2n) is 4.48. The predicted octanol–water partition coefficient (Wildman–Crippen LogP) is 2.61. The highest BCUT2D eigenvalue weighted by atomic mass is 32.1. The molecule has 0 saturated heterocycles. The van der Waals surface area contributed by atoms with Gasteiger partial charge in [-0.2, -0.15) is 0 Å². The summed E-state index contributed by atoms with van der Waals surface area (Å²) in [6.07, 6.45) is 0. The van der Waals surface area contributed by atoms with Gasteiger partial charge in [0.05, 0.1) is 11.3 Å².